The highest BCUT2D eigenvalue weighted by Crippen LogP contribution is 2.35. The van der Waals surface area contributed by atoms with Gasteiger partial charge in [-0.3, -0.25) is 4.79 Å². The lowest BCUT2D eigenvalue weighted by Crippen LogP contribution is -2.40. The number of hydrogen-bond acceptors (Lipinski definition) is 5. The molecule has 0 aliphatic carbocycles. The van der Waals surface area contributed by atoms with E-state index in [1.165, 1.54) is 17.3 Å². The van der Waals surface area contributed by atoms with Gasteiger partial charge >= 0.3 is 0 Å². The van der Waals surface area contributed by atoms with Crippen molar-refractivity contribution in [3.8, 4) is 11.5 Å². The van der Waals surface area contributed by atoms with Gasteiger partial charge in [0.05, 0.1) is 5.25 Å². The van der Waals surface area contributed by atoms with Crippen molar-refractivity contribution < 1.29 is 9.21 Å². The fourth-order valence-electron chi connectivity index (χ4n) is 3.27. The highest BCUT2D eigenvalue weighted by molar-refractivity contribution is 8.00. The number of fused-ring (bicyclic) bond motifs is 1. The first-order valence-electron chi connectivity index (χ1n) is 8.70. The molecule has 2 atom stereocenters. The van der Waals surface area contributed by atoms with Crippen LogP contribution in [0.4, 0.5) is 5.69 Å². The summed E-state index contributed by atoms with van der Waals surface area (Å²) in [5.74, 6) is 0.456. The first-order valence-corrected chi connectivity index (χ1v) is 9.96. The first-order chi connectivity index (χ1) is 13.0. The van der Waals surface area contributed by atoms with Crippen molar-refractivity contribution in [2.45, 2.75) is 36.8 Å². The number of nitrogens with zero attached hydrogens (tertiary/aromatic N) is 3. The van der Waals surface area contributed by atoms with E-state index in [0.29, 0.717) is 16.1 Å². The van der Waals surface area contributed by atoms with Gasteiger partial charge in [0, 0.05) is 22.3 Å². The lowest BCUT2D eigenvalue weighted by atomic mass is 10.1. The quantitative estimate of drug-likeness (QED) is 0.587. The molecule has 2 heterocycles. The molecular formula is C20H18ClN3O2S. The number of amides is 1. The monoisotopic (exact) mass is 399 g/mol. The van der Waals surface area contributed by atoms with E-state index in [-0.39, 0.29) is 17.2 Å². The molecule has 4 rings (SSSR count). The van der Waals surface area contributed by atoms with E-state index in [0.717, 1.165) is 17.7 Å². The minimum atomic E-state index is -0.336. The third-order valence-electron chi connectivity index (χ3n) is 4.57. The lowest BCUT2D eigenvalue weighted by molar-refractivity contribution is -0.118. The van der Waals surface area contributed by atoms with Gasteiger partial charge in [0.2, 0.25) is 11.8 Å². The van der Waals surface area contributed by atoms with Gasteiger partial charge in [-0.15, -0.1) is 10.2 Å². The Morgan fingerprint density at radius 3 is 2.74 bits per heavy atom. The predicted octanol–water partition coefficient (Wildman–Crippen LogP) is 4.85. The average Bonchev–Trinajstić information content (AvgIpc) is 3.25. The van der Waals surface area contributed by atoms with Crippen LogP contribution in [-0.4, -0.2) is 27.4 Å². The number of carbonyl (C=O) groups is 1. The van der Waals surface area contributed by atoms with Crippen LogP contribution >= 0.6 is 23.4 Å². The van der Waals surface area contributed by atoms with E-state index in [9.17, 15) is 4.79 Å². The SMILES string of the molecule is C[C@@H]1Cc2ccccc2N1C(=O)[C@@H](C)Sc1nnc(-c2ccc(Cl)cc2)o1. The van der Waals surface area contributed by atoms with Crippen molar-refractivity contribution >= 4 is 35.0 Å². The van der Waals surface area contributed by atoms with Gasteiger partial charge in [0.1, 0.15) is 0 Å². The second-order valence-corrected chi connectivity index (χ2v) is 8.26. The standard InChI is InChI=1S/C20H18ClN3O2S/c1-12-11-15-5-3-4-6-17(15)24(12)19(25)13(2)27-20-23-22-18(26-20)14-7-9-16(21)10-8-14/h3-10,12-13H,11H2,1-2H3/t12-,13-/m1/s1. The average molecular weight is 400 g/mol. The van der Waals surface area contributed by atoms with Crippen LogP contribution in [0.25, 0.3) is 11.5 Å². The predicted molar refractivity (Wildman–Crippen MR) is 107 cm³/mol. The summed E-state index contributed by atoms with van der Waals surface area (Å²) in [6.07, 6.45) is 0.876. The summed E-state index contributed by atoms with van der Waals surface area (Å²) < 4.78 is 5.72. The Hall–Kier alpha value is -2.31. The number of anilines is 1. The highest BCUT2D eigenvalue weighted by Gasteiger charge is 2.34. The normalized spacial score (nSPS) is 17.0. The number of thioether (sulfide) groups is 1. The van der Waals surface area contributed by atoms with Crippen molar-refractivity contribution in [1.82, 2.24) is 10.2 Å². The molecule has 3 aromatic rings. The second kappa shape index (κ2) is 7.37. The van der Waals surface area contributed by atoms with Crippen molar-refractivity contribution in [2.24, 2.45) is 0 Å². The van der Waals surface area contributed by atoms with Crippen LogP contribution in [0.5, 0.6) is 0 Å². The van der Waals surface area contributed by atoms with Crippen molar-refractivity contribution in [3.63, 3.8) is 0 Å². The van der Waals surface area contributed by atoms with Crippen LogP contribution in [0.15, 0.2) is 58.2 Å². The third kappa shape index (κ3) is 3.59. The summed E-state index contributed by atoms with van der Waals surface area (Å²) >= 11 is 7.18. The molecule has 7 heteroatoms. The van der Waals surface area contributed by atoms with Crippen molar-refractivity contribution in [3.05, 3.63) is 59.1 Å². The summed E-state index contributed by atoms with van der Waals surface area (Å²) in [4.78, 5) is 14.9. The molecule has 1 amide bonds. The molecule has 0 N–H and O–H groups in total. The van der Waals surface area contributed by atoms with Gasteiger partial charge in [-0.2, -0.15) is 0 Å². The topological polar surface area (TPSA) is 59.2 Å². The van der Waals surface area contributed by atoms with E-state index < -0.39 is 0 Å². The van der Waals surface area contributed by atoms with Crippen LogP contribution in [0.2, 0.25) is 5.02 Å². The van der Waals surface area contributed by atoms with Gasteiger partial charge < -0.3 is 9.32 Å². The molecule has 0 bridgehead atoms. The Labute approximate surface area is 166 Å². The van der Waals surface area contributed by atoms with Gasteiger partial charge in [-0.1, -0.05) is 41.6 Å². The zero-order valence-corrected chi connectivity index (χ0v) is 16.5. The summed E-state index contributed by atoms with van der Waals surface area (Å²) in [6, 6.07) is 15.4. The van der Waals surface area contributed by atoms with Gasteiger partial charge in [-0.05, 0) is 56.2 Å². The Kier molecular flexibility index (Phi) is 4.93. The zero-order valence-electron chi connectivity index (χ0n) is 14.9. The molecule has 138 valence electrons. The van der Waals surface area contributed by atoms with Gasteiger partial charge in [-0.25, -0.2) is 0 Å². The molecule has 0 fully saturated rings. The second-order valence-electron chi connectivity index (χ2n) is 6.53. The molecule has 2 aromatic carbocycles. The fourth-order valence-corrected chi connectivity index (χ4v) is 4.12. The molecule has 0 spiro atoms. The van der Waals surface area contributed by atoms with Crippen LogP contribution < -0.4 is 4.90 Å². The number of rotatable bonds is 4. The largest absolute Gasteiger partial charge is 0.411 e. The van der Waals surface area contributed by atoms with E-state index in [4.69, 9.17) is 16.0 Å². The van der Waals surface area contributed by atoms with E-state index in [2.05, 4.69) is 23.2 Å². The maximum atomic E-state index is 13.0. The Balaban J connectivity index is 1.49. The Bertz CT molecular complexity index is 973. The smallest absolute Gasteiger partial charge is 0.277 e. The van der Waals surface area contributed by atoms with Crippen molar-refractivity contribution in [1.29, 1.82) is 0 Å². The summed E-state index contributed by atoms with van der Waals surface area (Å²) in [5.41, 5.74) is 2.99. The molecule has 5 nitrogen and oxygen atoms in total. The lowest BCUT2D eigenvalue weighted by Gasteiger charge is -2.25. The van der Waals surface area contributed by atoms with Gasteiger partial charge in [0.15, 0.2) is 0 Å². The van der Waals surface area contributed by atoms with Crippen molar-refractivity contribution in [2.75, 3.05) is 4.90 Å². The zero-order chi connectivity index (χ0) is 19.0. The molecule has 0 unspecified atom stereocenters. The maximum Gasteiger partial charge on any atom is 0.277 e. The van der Waals surface area contributed by atoms with Crippen LogP contribution in [0, 0.1) is 0 Å². The first kappa shape index (κ1) is 18.1. The van der Waals surface area contributed by atoms with Gasteiger partial charge in [0.25, 0.3) is 5.22 Å². The fraction of sp³-hybridized carbons (Fsp3) is 0.250. The van der Waals surface area contributed by atoms with E-state index in [1.54, 1.807) is 12.1 Å². The molecule has 0 saturated carbocycles. The maximum absolute atomic E-state index is 13.0. The number of para-hydroxylation sites is 1. The molecule has 0 saturated heterocycles. The third-order valence-corrected chi connectivity index (χ3v) is 5.74. The van der Waals surface area contributed by atoms with Crippen LogP contribution in [0.1, 0.15) is 19.4 Å². The van der Waals surface area contributed by atoms with E-state index >= 15 is 0 Å². The van der Waals surface area contributed by atoms with Crippen LogP contribution in [0.3, 0.4) is 0 Å². The summed E-state index contributed by atoms with van der Waals surface area (Å²) in [6.45, 7) is 3.94. The Morgan fingerprint density at radius 1 is 1.22 bits per heavy atom. The Morgan fingerprint density at radius 2 is 1.96 bits per heavy atom. The number of halogens is 1. The summed E-state index contributed by atoms with van der Waals surface area (Å²) in [7, 11) is 0. The minimum absolute atomic E-state index is 0.0451. The minimum Gasteiger partial charge on any atom is -0.411 e. The highest BCUT2D eigenvalue weighted by atomic mass is 35.5. The number of aromatic nitrogens is 2. The molecular weight excluding hydrogens is 382 g/mol. The molecule has 1 aliphatic heterocycles. The molecule has 27 heavy (non-hydrogen) atoms. The number of hydrogen-bond donors (Lipinski definition) is 0. The molecule has 1 aromatic heterocycles. The van der Waals surface area contributed by atoms with E-state index in [1.807, 2.05) is 42.2 Å². The number of benzene rings is 2. The molecule has 0 radical (unpaired) electrons. The molecule has 1 aliphatic rings. The number of carbonyl (C=O) groups excluding carboxylic acids is 1. The van der Waals surface area contributed by atoms with Crippen LogP contribution in [-0.2, 0) is 11.2 Å². The summed E-state index contributed by atoms with van der Waals surface area (Å²) in [5, 5.41) is 8.83.